The van der Waals surface area contributed by atoms with E-state index in [4.69, 9.17) is 19.5 Å². The molecule has 0 saturated heterocycles. The van der Waals surface area contributed by atoms with Crippen LogP contribution < -0.4 is 4.74 Å². The van der Waals surface area contributed by atoms with Gasteiger partial charge in [-0.1, -0.05) is 0 Å². The van der Waals surface area contributed by atoms with E-state index in [2.05, 4.69) is 5.16 Å². The molecule has 1 aromatic heterocycles. The van der Waals surface area contributed by atoms with Gasteiger partial charge < -0.3 is 24.4 Å². The van der Waals surface area contributed by atoms with Crippen LogP contribution in [0, 0.1) is 6.92 Å². The van der Waals surface area contributed by atoms with Crippen LogP contribution in [-0.4, -0.2) is 57.8 Å². The van der Waals surface area contributed by atoms with E-state index in [1.54, 1.807) is 6.92 Å². The van der Waals surface area contributed by atoms with Crippen molar-refractivity contribution in [2.75, 3.05) is 19.7 Å². The van der Waals surface area contributed by atoms with E-state index in [0.29, 0.717) is 10.7 Å². The molecule has 0 unspecified atom stereocenters. The van der Waals surface area contributed by atoms with Crippen molar-refractivity contribution in [3.05, 3.63) is 11.8 Å². The standard InChI is InChI=1S/C10H12N2O7/c1-6-2-7(11-19-6)18-5-8(13)12(3-9(14)15)4-10(16)17/h2H,3-5H2,1H3,(H,14,15)(H,16,17). The Kier molecular flexibility index (Phi) is 4.86. The minimum atomic E-state index is -1.31. The van der Waals surface area contributed by atoms with Crippen molar-refractivity contribution in [1.82, 2.24) is 10.1 Å². The van der Waals surface area contributed by atoms with Crippen LogP contribution >= 0.6 is 0 Å². The lowest BCUT2D eigenvalue weighted by molar-refractivity contribution is -0.150. The second-order valence-electron chi connectivity index (χ2n) is 3.60. The van der Waals surface area contributed by atoms with E-state index < -0.39 is 37.5 Å². The first-order valence-electron chi connectivity index (χ1n) is 5.16. The number of hydrogen-bond acceptors (Lipinski definition) is 6. The fourth-order valence-electron chi connectivity index (χ4n) is 1.20. The van der Waals surface area contributed by atoms with Gasteiger partial charge in [-0.05, 0) is 12.1 Å². The summed E-state index contributed by atoms with van der Waals surface area (Å²) in [5, 5.41) is 20.6. The number of ether oxygens (including phenoxy) is 1. The number of hydrogen-bond donors (Lipinski definition) is 2. The van der Waals surface area contributed by atoms with Crippen molar-refractivity contribution < 1.29 is 33.9 Å². The van der Waals surface area contributed by atoms with Gasteiger partial charge in [0.05, 0.1) is 0 Å². The van der Waals surface area contributed by atoms with Crippen LogP contribution in [0.3, 0.4) is 0 Å². The topological polar surface area (TPSA) is 130 Å². The van der Waals surface area contributed by atoms with Crippen LogP contribution in [-0.2, 0) is 14.4 Å². The second kappa shape index (κ2) is 6.38. The van der Waals surface area contributed by atoms with Crippen molar-refractivity contribution in [2.24, 2.45) is 0 Å². The molecular weight excluding hydrogens is 260 g/mol. The van der Waals surface area contributed by atoms with Crippen molar-refractivity contribution >= 4 is 17.8 Å². The maximum absolute atomic E-state index is 11.6. The Morgan fingerprint density at radius 1 is 1.32 bits per heavy atom. The Balaban J connectivity index is 2.55. The molecule has 0 aliphatic rings. The molecule has 0 aliphatic carbocycles. The fraction of sp³-hybridized carbons (Fsp3) is 0.400. The van der Waals surface area contributed by atoms with E-state index in [1.165, 1.54) is 6.07 Å². The average Bonchev–Trinajstić information content (AvgIpc) is 2.70. The van der Waals surface area contributed by atoms with E-state index in [-0.39, 0.29) is 5.88 Å². The molecule has 1 aromatic rings. The lowest BCUT2D eigenvalue weighted by atomic mass is 10.4. The summed E-state index contributed by atoms with van der Waals surface area (Å²) in [6.07, 6.45) is 0. The number of aromatic nitrogens is 1. The molecule has 19 heavy (non-hydrogen) atoms. The number of carbonyl (C=O) groups is 3. The molecule has 0 bridgehead atoms. The summed E-state index contributed by atoms with van der Waals surface area (Å²) >= 11 is 0. The number of carboxylic acid groups (broad SMARTS) is 2. The highest BCUT2D eigenvalue weighted by atomic mass is 16.5. The summed E-state index contributed by atoms with van der Waals surface area (Å²) in [6.45, 7) is -0.325. The van der Waals surface area contributed by atoms with Gasteiger partial charge in [0.2, 0.25) is 0 Å². The Morgan fingerprint density at radius 3 is 2.32 bits per heavy atom. The summed E-state index contributed by atoms with van der Waals surface area (Å²) in [4.78, 5) is 33.3. The second-order valence-corrected chi connectivity index (χ2v) is 3.60. The number of aryl methyl sites for hydroxylation is 1. The molecule has 1 rings (SSSR count). The van der Waals surface area contributed by atoms with Crippen LogP contribution in [0.15, 0.2) is 10.6 Å². The molecule has 0 spiro atoms. The summed E-state index contributed by atoms with van der Waals surface area (Å²) < 4.78 is 9.65. The third-order valence-corrected chi connectivity index (χ3v) is 1.95. The van der Waals surface area contributed by atoms with Gasteiger partial charge in [-0.3, -0.25) is 14.4 Å². The molecule has 104 valence electrons. The third-order valence-electron chi connectivity index (χ3n) is 1.95. The Labute approximate surface area is 107 Å². The van der Waals surface area contributed by atoms with Gasteiger partial charge in [0.1, 0.15) is 18.8 Å². The van der Waals surface area contributed by atoms with Gasteiger partial charge >= 0.3 is 11.9 Å². The fourth-order valence-corrected chi connectivity index (χ4v) is 1.20. The molecule has 0 radical (unpaired) electrons. The van der Waals surface area contributed by atoms with Crippen molar-refractivity contribution in [3.8, 4) is 5.88 Å². The van der Waals surface area contributed by atoms with Gasteiger partial charge in [0.15, 0.2) is 6.61 Å². The first kappa shape index (κ1) is 14.5. The first-order valence-corrected chi connectivity index (χ1v) is 5.16. The zero-order valence-corrected chi connectivity index (χ0v) is 10.0. The quantitative estimate of drug-likeness (QED) is 0.670. The van der Waals surface area contributed by atoms with E-state index >= 15 is 0 Å². The average molecular weight is 272 g/mol. The van der Waals surface area contributed by atoms with Crippen molar-refractivity contribution in [1.29, 1.82) is 0 Å². The lowest BCUT2D eigenvalue weighted by Gasteiger charge is -2.17. The predicted molar refractivity (Wildman–Crippen MR) is 58.6 cm³/mol. The van der Waals surface area contributed by atoms with Gasteiger partial charge in [-0.2, -0.15) is 0 Å². The summed E-state index contributed by atoms with van der Waals surface area (Å²) in [7, 11) is 0. The number of aliphatic carboxylic acids is 2. The highest BCUT2D eigenvalue weighted by Crippen LogP contribution is 2.09. The van der Waals surface area contributed by atoms with Crippen LogP contribution in [0.2, 0.25) is 0 Å². The first-order chi connectivity index (χ1) is 8.88. The van der Waals surface area contributed by atoms with E-state index in [0.717, 1.165) is 0 Å². The van der Waals surface area contributed by atoms with Crippen molar-refractivity contribution in [2.45, 2.75) is 6.92 Å². The van der Waals surface area contributed by atoms with E-state index in [9.17, 15) is 14.4 Å². The molecule has 0 atom stereocenters. The zero-order chi connectivity index (χ0) is 14.4. The molecule has 0 aromatic carbocycles. The lowest BCUT2D eigenvalue weighted by Crippen LogP contribution is -2.41. The Morgan fingerprint density at radius 2 is 1.89 bits per heavy atom. The van der Waals surface area contributed by atoms with Crippen LogP contribution in [0.1, 0.15) is 5.76 Å². The van der Waals surface area contributed by atoms with Crippen LogP contribution in [0.25, 0.3) is 0 Å². The minimum Gasteiger partial charge on any atom is -0.480 e. The Hall–Kier alpha value is -2.58. The number of carboxylic acids is 2. The minimum absolute atomic E-state index is 0.0662. The zero-order valence-electron chi connectivity index (χ0n) is 10.0. The molecule has 0 saturated carbocycles. The largest absolute Gasteiger partial charge is 0.480 e. The highest BCUT2D eigenvalue weighted by Gasteiger charge is 2.20. The molecular formula is C10H12N2O7. The van der Waals surface area contributed by atoms with Crippen LogP contribution in [0.5, 0.6) is 5.88 Å². The smallest absolute Gasteiger partial charge is 0.323 e. The Bertz CT molecular complexity index is 466. The monoisotopic (exact) mass is 272 g/mol. The molecule has 2 N–H and O–H groups in total. The van der Waals surface area contributed by atoms with Gasteiger partial charge in [0, 0.05) is 6.07 Å². The number of carbonyl (C=O) groups excluding carboxylic acids is 1. The van der Waals surface area contributed by atoms with Gasteiger partial charge in [0.25, 0.3) is 11.8 Å². The normalized spacial score (nSPS) is 9.95. The third kappa shape index (κ3) is 5.06. The summed E-state index contributed by atoms with van der Waals surface area (Å²) in [5.74, 6) is -2.85. The van der Waals surface area contributed by atoms with Gasteiger partial charge in [-0.25, -0.2) is 0 Å². The molecule has 9 nitrogen and oxygen atoms in total. The summed E-state index contributed by atoms with van der Waals surface area (Å²) in [6, 6.07) is 1.44. The van der Waals surface area contributed by atoms with E-state index in [1.807, 2.05) is 0 Å². The van der Waals surface area contributed by atoms with Crippen molar-refractivity contribution in [3.63, 3.8) is 0 Å². The maximum Gasteiger partial charge on any atom is 0.323 e. The highest BCUT2D eigenvalue weighted by molar-refractivity contribution is 5.85. The summed E-state index contributed by atoms with van der Waals surface area (Å²) in [5.41, 5.74) is 0. The molecule has 1 heterocycles. The number of amides is 1. The SMILES string of the molecule is Cc1cc(OCC(=O)N(CC(=O)O)CC(=O)O)no1. The predicted octanol–water partition coefficient (Wildman–Crippen LogP) is -0.640. The molecule has 0 fully saturated rings. The maximum atomic E-state index is 11.6. The number of nitrogens with zero attached hydrogens (tertiary/aromatic N) is 2. The van der Waals surface area contributed by atoms with Gasteiger partial charge in [-0.15, -0.1) is 0 Å². The number of rotatable bonds is 7. The molecule has 0 aliphatic heterocycles. The molecule has 9 heteroatoms. The molecule has 1 amide bonds. The van der Waals surface area contributed by atoms with Crippen LogP contribution in [0.4, 0.5) is 0 Å².